The van der Waals surface area contributed by atoms with Crippen molar-refractivity contribution in [1.29, 1.82) is 0 Å². The first-order valence-electron chi connectivity index (χ1n) is 11.4. The average Bonchev–Trinajstić information content (AvgIpc) is 3.56. The lowest BCUT2D eigenvalue weighted by Gasteiger charge is -2.38. The smallest absolute Gasteiger partial charge is 0.350 e. The summed E-state index contributed by atoms with van der Waals surface area (Å²) in [7, 11) is 3.07. The molecule has 0 radical (unpaired) electrons. The van der Waals surface area contributed by atoms with Crippen LogP contribution in [0.25, 0.3) is 11.5 Å². The Morgan fingerprint density at radius 2 is 2.11 bits per heavy atom. The summed E-state index contributed by atoms with van der Waals surface area (Å²) in [5.74, 6) is -0.0182. The van der Waals surface area contributed by atoms with Gasteiger partial charge in [-0.2, -0.15) is 5.10 Å². The molecule has 1 N–H and O–H groups in total. The van der Waals surface area contributed by atoms with E-state index in [0.717, 1.165) is 6.42 Å². The molecule has 1 aliphatic rings. The van der Waals surface area contributed by atoms with Crippen molar-refractivity contribution < 1.29 is 19.1 Å². The summed E-state index contributed by atoms with van der Waals surface area (Å²) in [6.07, 6.45) is 4.05. The molecule has 4 rings (SSSR count). The number of anilines is 1. The third-order valence-corrected chi connectivity index (χ3v) is 7.89. The van der Waals surface area contributed by atoms with Gasteiger partial charge < -0.3 is 19.7 Å². The molecule has 1 aliphatic heterocycles. The topological polar surface area (TPSA) is 116 Å². The summed E-state index contributed by atoms with van der Waals surface area (Å²) < 4.78 is 14.1. The van der Waals surface area contributed by atoms with Gasteiger partial charge in [0.2, 0.25) is 0 Å². The molecule has 36 heavy (non-hydrogen) atoms. The number of nitrogens with zero attached hydrogens (tertiary/aromatic N) is 6. The van der Waals surface area contributed by atoms with Crippen LogP contribution in [-0.2, 0) is 16.5 Å². The molecule has 0 bridgehead atoms. The largest absolute Gasteiger partial charge is 0.465 e. The maximum atomic E-state index is 13.0. The monoisotopic (exact) mass is 555 g/mol. The number of nitrogens with one attached hydrogen (secondary N) is 1. The van der Waals surface area contributed by atoms with Gasteiger partial charge in [0.25, 0.3) is 0 Å². The fourth-order valence-corrected chi connectivity index (χ4v) is 5.40. The van der Waals surface area contributed by atoms with Crippen molar-refractivity contribution in [1.82, 2.24) is 29.6 Å². The number of hydrogen-bond donors (Lipinski definition) is 1. The minimum Gasteiger partial charge on any atom is -0.465 e. The zero-order chi connectivity index (χ0) is 26.0. The predicted molar refractivity (Wildman–Crippen MR) is 137 cm³/mol. The van der Waals surface area contributed by atoms with Crippen LogP contribution in [0.4, 0.5) is 9.93 Å². The number of aromatic nitrogens is 5. The summed E-state index contributed by atoms with van der Waals surface area (Å²) in [6.45, 7) is 5.37. The fraction of sp³-hybridized carbons (Fsp3) is 0.500. The van der Waals surface area contributed by atoms with Crippen LogP contribution in [0, 0.1) is 6.92 Å². The van der Waals surface area contributed by atoms with Gasteiger partial charge in [-0.05, 0) is 19.8 Å². The highest BCUT2D eigenvalue weighted by Gasteiger charge is 2.34. The zero-order valence-electron chi connectivity index (χ0n) is 20.3. The van der Waals surface area contributed by atoms with Crippen molar-refractivity contribution in [2.45, 2.75) is 38.8 Å². The Balaban J connectivity index is 1.56. The van der Waals surface area contributed by atoms with Crippen molar-refractivity contribution in [3.63, 3.8) is 0 Å². The van der Waals surface area contributed by atoms with Gasteiger partial charge in [0.15, 0.2) is 11.0 Å². The molecule has 0 spiro atoms. The highest BCUT2D eigenvalue weighted by Crippen LogP contribution is 2.34. The number of methoxy groups -OCH3 is 1. The van der Waals surface area contributed by atoms with Crippen LogP contribution in [0.5, 0.6) is 0 Å². The van der Waals surface area contributed by atoms with E-state index in [1.54, 1.807) is 18.7 Å². The Morgan fingerprint density at radius 3 is 2.72 bits per heavy atom. The molecule has 14 heteroatoms. The highest BCUT2D eigenvalue weighted by atomic mass is 35.5. The Bertz CT molecular complexity index is 1260. The van der Waals surface area contributed by atoms with E-state index in [4.69, 9.17) is 37.7 Å². The van der Waals surface area contributed by atoms with Crippen LogP contribution in [0.15, 0.2) is 12.5 Å². The molecule has 1 amide bonds. The van der Waals surface area contributed by atoms with Crippen LogP contribution in [0.2, 0.25) is 10.0 Å². The molecule has 3 aromatic rings. The summed E-state index contributed by atoms with van der Waals surface area (Å²) >= 11 is 13.5. The summed E-state index contributed by atoms with van der Waals surface area (Å²) in [5, 5.41) is 8.47. The van der Waals surface area contributed by atoms with Crippen LogP contribution in [0.3, 0.4) is 0 Å². The minimum absolute atomic E-state index is 0.238. The molecule has 2 atom stereocenters. The van der Waals surface area contributed by atoms with E-state index in [1.807, 2.05) is 6.92 Å². The number of halogens is 2. The molecule has 11 nitrogen and oxygen atoms in total. The average molecular weight is 556 g/mol. The van der Waals surface area contributed by atoms with Crippen molar-refractivity contribution in [3.8, 4) is 11.5 Å². The van der Waals surface area contributed by atoms with Crippen LogP contribution in [0.1, 0.15) is 35.1 Å². The summed E-state index contributed by atoms with van der Waals surface area (Å²) in [4.78, 5) is 36.8. The fourth-order valence-electron chi connectivity index (χ4n) is 4.02. The van der Waals surface area contributed by atoms with E-state index in [-0.39, 0.29) is 18.2 Å². The number of carbonyl (C=O) groups excluding carboxylic acids is 2. The summed E-state index contributed by atoms with van der Waals surface area (Å²) in [6, 6.07) is -0.561. The molecule has 0 aromatic carbocycles. The van der Waals surface area contributed by atoms with Crippen LogP contribution in [-0.4, -0.2) is 75.3 Å². The van der Waals surface area contributed by atoms with Crippen molar-refractivity contribution in [2.75, 3.05) is 31.7 Å². The maximum absolute atomic E-state index is 13.0. The first-order chi connectivity index (χ1) is 17.2. The normalized spacial score (nSPS) is 17.9. The van der Waals surface area contributed by atoms with Gasteiger partial charge in [-0.1, -0.05) is 41.5 Å². The van der Waals surface area contributed by atoms with Crippen molar-refractivity contribution in [2.24, 2.45) is 7.05 Å². The molecule has 4 heterocycles. The van der Waals surface area contributed by atoms with Crippen LogP contribution >= 0.6 is 34.5 Å². The standard InChI is InChI=1S/C22H27Cl2N7O4S/c1-5-8-35-15-10-30(7-6-14(15)27-21(33)31-9-13(23)16(24)12(31)2)22-28-17(18(36-22)20(32)34-4)19-25-11-26-29(19)3/h9,11,14-15H,5-8,10H2,1-4H3,(H,27,33)/t14-,15+/m1/s1. The Kier molecular flexibility index (Phi) is 8.18. The van der Waals surface area contributed by atoms with Gasteiger partial charge in [-0.3, -0.25) is 4.57 Å². The Morgan fingerprint density at radius 1 is 1.33 bits per heavy atom. The van der Waals surface area contributed by atoms with Crippen molar-refractivity contribution >= 4 is 51.7 Å². The number of aryl methyl sites for hydroxylation is 1. The number of rotatable bonds is 7. The lowest BCUT2D eigenvalue weighted by atomic mass is 10.0. The number of amides is 1. The molecule has 3 aromatic heterocycles. The number of piperidine rings is 1. The highest BCUT2D eigenvalue weighted by molar-refractivity contribution is 7.17. The number of hydrogen-bond acceptors (Lipinski definition) is 9. The molecule has 0 saturated carbocycles. The first kappa shape index (κ1) is 26.4. The lowest BCUT2D eigenvalue weighted by Crippen LogP contribution is -2.56. The molecule has 0 unspecified atom stereocenters. The van der Waals surface area contributed by atoms with E-state index in [9.17, 15) is 9.59 Å². The van der Waals surface area contributed by atoms with Crippen molar-refractivity contribution in [3.05, 3.63) is 33.1 Å². The maximum Gasteiger partial charge on any atom is 0.350 e. The van der Waals surface area contributed by atoms with E-state index >= 15 is 0 Å². The number of thiazole rings is 1. The molecule has 1 saturated heterocycles. The third-order valence-electron chi connectivity index (χ3n) is 5.93. The van der Waals surface area contributed by atoms with Gasteiger partial charge in [-0.15, -0.1) is 0 Å². The van der Waals surface area contributed by atoms with Gasteiger partial charge >= 0.3 is 12.0 Å². The molecule has 0 aliphatic carbocycles. The molecular formula is C22H27Cl2N7O4S. The zero-order valence-corrected chi connectivity index (χ0v) is 22.7. The predicted octanol–water partition coefficient (Wildman–Crippen LogP) is 3.77. The first-order valence-corrected chi connectivity index (χ1v) is 13.0. The lowest BCUT2D eigenvalue weighted by molar-refractivity contribution is 0.0238. The van der Waals surface area contributed by atoms with Gasteiger partial charge in [0.05, 0.1) is 29.3 Å². The van der Waals surface area contributed by atoms with E-state index in [0.29, 0.717) is 63.4 Å². The SMILES string of the molecule is CCCO[C@H]1CN(c2nc(-c3ncnn3C)c(C(=O)OC)s2)CC[C@H]1NC(=O)n1cc(Cl)c(Cl)c1C. The van der Waals surface area contributed by atoms with E-state index in [1.165, 1.54) is 35.5 Å². The number of esters is 1. The summed E-state index contributed by atoms with van der Waals surface area (Å²) in [5.41, 5.74) is 0.984. The molecular weight excluding hydrogens is 529 g/mol. The second kappa shape index (κ2) is 11.2. The van der Waals surface area contributed by atoms with Gasteiger partial charge in [0.1, 0.15) is 16.9 Å². The third kappa shape index (κ3) is 5.22. The Hall–Kier alpha value is -2.67. The van der Waals surface area contributed by atoms with Gasteiger partial charge in [0, 0.05) is 38.6 Å². The minimum atomic E-state index is -0.489. The second-order valence-corrected chi connectivity index (χ2v) is 10.1. The Labute approximate surface area is 222 Å². The molecule has 1 fully saturated rings. The number of carbonyl (C=O) groups is 2. The quantitative estimate of drug-likeness (QED) is 0.438. The second-order valence-electron chi connectivity index (χ2n) is 8.32. The van der Waals surface area contributed by atoms with E-state index in [2.05, 4.69) is 20.3 Å². The van der Waals surface area contributed by atoms with Crippen LogP contribution < -0.4 is 10.2 Å². The van der Waals surface area contributed by atoms with Gasteiger partial charge in [-0.25, -0.2) is 24.2 Å². The molecule has 194 valence electrons. The number of ether oxygens (including phenoxy) is 2. The van der Waals surface area contributed by atoms with E-state index < -0.39 is 5.97 Å².